The van der Waals surface area contributed by atoms with Crippen LogP contribution in [0.3, 0.4) is 0 Å². The van der Waals surface area contributed by atoms with Gasteiger partial charge in [-0.1, -0.05) is 18.2 Å². The van der Waals surface area contributed by atoms with Crippen LogP contribution in [-0.2, 0) is 11.3 Å². The van der Waals surface area contributed by atoms with E-state index in [0.29, 0.717) is 6.54 Å². The number of hydrogen-bond acceptors (Lipinski definition) is 3. The Balaban J connectivity index is 2.69. The van der Waals surface area contributed by atoms with E-state index in [9.17, 15) is 4.79 Å². The van der Waals surface area contributed by atoms with Crippen LogP contribution in [0.4, 0.5) is 5.69 Å². The van der Waals surface area contributed by atoms with E-state index in [0.717, 1.165) is 24.3 Å². The number of aliphatic hydroxyl groups excluding tert-OH is 1. The summed E-state index contributed by atoms with van der Waals surface area (Å²) in [4.78, 5) is 13.1. The standard InChI is InChI=1S/C14H20N2O2/c1-3-7-16(8-9-17)11-13-5-4-6-14(10-13)15-12(2)18/h3-6,10,17H,1,7-9,11H2,2H3,(H,15,18). The Morgan fingerprint density at radius 2 is 2.33 bits per heavy atom. The van der Waals surface area contributed by atoms with Gasteiger partial charge in [-0.05, 0) is 17.7 Å². The van der Waals surface area contributed by atoms with E-state index in [-0.39, 0.29) is 12.5 Å². The van der Waals surface area contributed by atoms with Crippen LogP contribution < -0.4 is 5.32 Å². The third-order valence-corrected chi connectivity index (χ3v) is 2.46. The van der Waals surface area contributed by atoms with Crippen LogP contribution >= 0.6 is 0 Å². The molecule has 1 aromatic rings. The average Bonchev–Trinajstić information content (AvgIpc) is 2.29. The van der Waals surface area contributed by atoms with Crippen LogP contribution in [0.15, 0.2) is 36.9 Å². The highest BCUT2D eigenvalue weighted by Gasteiger charge is 2.04. The van der Waals surface area contributed by atoms with Crippen LogP contribution in [0.1, 0.15) is 12.5 Å². The van der Waals surface area contributed by atoms with Gasteiger partial charge in [0.05, 0.1) is 6.61 Å². The number of nitrogens with zero attached hydrogens (tertiary/aromatic N) is 1. The van der Waals surface area contributed by atoms with Gasteiger partial charge in [-0.2, -0.15) is 0 Å². The second-order valence-electron chi connectivity index (χ2n) is 4.13. The van der Waals surface area contributed by atoms with Crippen molar-refractivity contribution in [1.29, 1.82) is 0 Å². The Hall–Kier alpha value is -1.65. The molecule has 0 saturated carbocycles. The molecule has 1 amide bonds. The summed E-state index contributed by atoms with van der Waals surface area (Å²) in [6.45, 7) is 7.37. The molecule has 0 unspecified atom stereocenters. The zero-order chi connectivity index (χ0) is 13.4. The molecular weight excluding hydrogens is 228 g/mol. The van der Waals surface area contributed by atoms with Crippen molar-refractivity contribution in [2.75, 3.05) is 25.0 Å². The summed E-state index contributed by atoms with van der Waals surface area (Å²) < 4.78 is 0. The van der Waals surface area contributed by atoms with Crippen LogP contribution in [-0.4, -0.2) is 35.6 Å². The van der Waals surface area contributed by atoms with Gasteiger partial charge in [0, 0.05) is 32.2 Å². The van der Waals surface area contributed by atoms with E-state index in [1.807, 2.05) is 30.3 Å². The number of anilines is 1. The van der Waals surface area contributed by atoms with Crippen molar-refractivity contribution in [1.82, 2.24) is 4.90 Å². The van der Waals surface area contributed by atoms with Crippen molar-refractivity contribution < 1.29 is 9.90 Å². The van der Waals surface area contributed by atoms with Gasteiger partial charge < -0.3 is 10.4 Å². The molecule has 0 fully saturated rings. The maximum Gasteiger partial charge on any atom is 0.221 e. The number of aliphatic hydroxyl groups is 1. The van der Waals surface area contributed by atoms with Gasteiger partial charge in [0.15, 0.2) is 0 Å². The smallest absolute Gasteiger partial charge is 0.221 e. The average molecular weight is 248 g/mol. The molecule has 0 atom stereocenters. The minimum absolute atomic E-state index is 0.0783. The molecular formula is C14H20N2O2. The molecule has 0 heterocycles. The summed E-state index contributed by atoms with van der Waals surface area (Å²) in [7, 11) is 0. The predicted octanol–water partition coefficient (Wildman–Crippen LogP) is 1.63. The van der Waals surface area contributed by atoms with Gasteiger partial charge in [0.2, 0.25) is 5.91 Å². The second-order valence-corrected chi connectivity index (χ2v) is 4.13. The molecule has 98 valence electrons. The van der Waals surface area contributed by atoms with Crippen LogP contribution in [0.2, 0.25) is 0 Å². The SMILES string of the molecule is C=CCN(CCO)Cc1cccc(NC(C)=O)c1. The lowest BCUT2D eigenvalue weighted by atomic mass is 10.2. The van der Waals surface area contributed by atoms with Crippen molar-refractivity contribution in [3.05, 3.63) is 42.5 Å². The van der Waals surface area contributed by atoms with Crippen LogP contribution in [0.25, 0.3) is 0 Å². The third-order valence-electron chi connectivity index (χ3n) is 2.46. The number of carbonyl (C=O) groups excluding carboxylic acids is 1. The molecule has 0 spiro atoms. The lowest BCUT2D eigenvalue weighted by Gasteiger charge is -2.19. The highest BCUT2D eigenvalue weighted by molar-refractivity contribution is 5.88. The second kappa shape index (κ2) is 7.63. The summed E-state index contributed by atoms with van der Waals surface area (Å²) in [5.41, 5.74) is 1.89. The van der Waals surface area contributed by atoms with Gasteiger partial charge >= 0.3 is 0 Å². The van der Waals surface area contributed by atoms with Gasteiger partial charge in [-0.15, -0.1) is 6.58 Å². The van der Waals surface area contributed by atoms with Crippen molar-refractivity contribution >= 4 is 11.6 Å². The minimum atomic E-state index is -0.0783. The van der Waals surface area contributed by atoms with Crippen LogP contribution in [0, 0.1) is 0 Å². The molecule has 4 nitrogen and oxygen atoms in total. The van der Waals surface area contributed by atoms with Gasteiger partial charge in [-0.3, -0.25) is 9.69 Å². The molecule has 0 bridgehead atoms. The summed E-state index contributed by atoms with van der Waals surface area (Å²) in [6.07, 6.45) is 1.81. The maximum atomic E-state index is 11.0. The molecule has 4 heteroatoms. The number of benzene rings is 1. The first-order chi connectivity index (χ1) is 8.65. The van der Waals surface area contributed by atoms with Gasteiger partial charge in [0.25, 0.3) is 0 Å². The van der Waals surface area contributed by atoms with Crippen molar-refractivity contribution in [3.63, 3.8) is 0 Å². The Kier molecular flexibility index (Phi) is 6.11. The van der Waals surface area contributed by atoms with Crippen LogP contribution in [0.5, 0.6) is 0 Å². The Bertz CT molecular complexity index is 405. The van der Waals surface area contributed by atoms with Gasteiger partial charge in [0.1, 0.15) is 0 Å². The lowest BCUT2D eigenvalue weighted by Crippen LogP contribution is -2.26. The van der Waals surface area contributed by atoms with E-state index in [1.54, 1.807) is 0 Å². The summed E-state index contributed by atoms with van der Waals surface area (Å²) in [5.74, 6) is -0.0783. The van der Waals surface area contributed by atoms with Gasteiger partial charge in [-0.25, -0.2) is 0 Å². The topological polar surface area (TPSA) is 52.6 Å². The number of hydrogen-bond donors (Lipinski definition) is 2. The van der Waals surface area contributed by atoms with E-state index < -0.39 is 0 Å². The van der Waals surface area contributed by atoms with E-state index >= 15 is 0 Å². The lowest BCUT2D eigenvalue weighted by molar-refractivity contribution is -0.114. The fraction of sp³-hybridized carbons (Fsp3) is 0.357. The van der Waals surface area contributed by atoms with Crippen molar-refractivity contribution in [3.8, 4) is 0 Å². The van der Waals surface area contributed by atoms with E-state index in [2.05, 4.69) is 16.8 Å². The first-order valence-electron chi connectivity index (χ1n) is 5.96. The largest absolute Gasteiger partial charge is 0.395 e. The number of carbonyl (C=O) groups is 1. The summed E-state index contributed by atoms with van der Waals surface area (Å²) >= 11 is 0. The normalized spacial score (nSPS) is 10.4. The molecule has 0 saturated heterocycles. The maximum absolute atomic E-state index is 11.0. The van der Waals surface area contributed by atoms with Crippen molar-refractivity contribution in [2.45, 2.75) is 13.5 Å². The Morgan fingerprint density at radius 1 is 1.56 bits per heavy atom. The zero-order valence-electron chi connectivity index (χ0n) is 10.7. The molecule has 2 N–H and O–H groups in total. The highest BCUT2D eigenvalue weighted by Crippen LogP contribution is 2.12. The van der Waals surface area contributed by atoms with E-state index in [4.69, 9.17) is 5.11 Å². The molecule has 0 aromatic heterocycles. The number of rotatable bonds is 7. The fourth-order valence-electron chi connectivity index (χ4n) is 1.77. The zero-order valence-corrected chi connectivity index (χ0v) is 10.7. The number of amides is 1. The molecule has 0 aliphatic carbocycles. The molecule has 0 aliphatic heterocycles. The summed E-state index contributed by atoms with van der Waals surface area (Å²) in [6, 6.07) is 7.70. The number of nitrogens with one attached hydrogen (secondary N) is 1. The van der Waals surface area contributed by atoms with E-state index in [1.165, 1.54) is 6.92 Å². The highest BCUT2D eigenvalue weighted by atomic mass is 16.3. The molecule has 1 rings (SSSR count). The minimum Gasteiger partial charge on any atom is -0.395 e. The summed E-state index contributed by atoms with van der Waals surface area (Å²) in [5, 5.41) is 11.7. The first-order valence-corrected chi connectivity index (χ1v) is 5.96. The first kappa shape index (κ1) is 14.4. The molecule has 1 aromatic carbocycles. The fourth-order valence-corrected chi connectivity index (χ4v) is 1.77. The molecule has 0 aliphatic rings. The molecule has 0 radical (unpaired) electrons. The van der Waals surface area contributed by atoms with Crippen molar-refractivity contribution in [2.24, 2.45) is 0 Å². The Labute approximate surface area is 108 Å². The quantitative estimate of drug-likeness (QED) is 0.721. The monoisotopic (exact) mass is 248 g/mol. The Morgan fingerprint density at radius 3 is 2.94 bits per heavy atom. The third kappa shape index (κ3) is 5.12. The molecule has 18 heavy (non-hydrogen) atoms. The predicted molar refractivity (Wildman–Crippen MR) is 73.3 cm³/mol.